The number of nitrogens with one attached hydrogen (secondary N) is 2. The summed E-state index contributed by atoms with van der Waals surface area (Å²) in [5, 5.41) is 30.8. The van der Waals surface area contributed by atoms with Crippen molar-refractivity contribution < 1.29 is 29.3 Å². The molecule has 288 valence electrons. The molecule has 2 amide bonds. The van der Waals surface area contributed by atoms with Crippen LogP contribution < -0.4 is 15.4 Å². The molecule has 53 heavy (non-hydrogen) atoms. The molecule has 0 radical (unpaired) electrons. The molecular formula is C43H59N3O6S. The predicted molar refractivity (Wildman–Crippen MR) is 212 cm³/mol. The molecule has 1 saturated heterocycles. The van der Waals surface area contributed by atoms with E-state index in [2.05, 4.69) is 50.1 Å². The lowest BCUT2D eigenvalue weighted by Crippen LogP contribution is -2.72. The number of unbranched alkanes of at least 4 members (excludes halogenated alkanes) is 2. The van der Waals surface area contributed by atoms with Crippen molar-refractivity contribution in [3.63, 3.8) is 0 Å². The second kappa shape index (κ2) is 18.9. The van der Waals surface area contributed by atoms with Crippen molar-refractivity contribution in [3.05, 3.63) is 93.0 Å². The van der Waals surface area contributed by atoms with Gasteiger partial charge in [-0.05, 0) is 111 Å². The number of aryl methyl sites for hydroxylation is 1. The number of thiophene rings is 1. The highest BCUT2D eigenvalue weighted by molar-refractivity contribution is 7.10. The molecule has 1 aromatic heterocycles. The summed E-state index contributed by atoms with van der Waals surface area (Å²) in [5.41, 5.74) is 5.66. The quantitative estimate of drug-likeness (QED) is 0.0505. The number of hydrogen-bond donors (Lipinski definition) is 4. The molecule has 1 fully saturated rings. The monoisotopic (exact) mass is 745 g/mol. The minimum Gasteiger partial charge on any atom is -0.507 e. The van der Waals surface area contributed by atoms with Crippen LogP contribution in [0.1, 0.15) is 101 Å². The van der Waals surface area contributed by atoms with Crippen molar-refractivity contribution in [2.75, 3.05) is 19.8 Å². The van der Waals surface area contributed by atoms with Crippen molar-refractivity contribution in [3.8, 4) is 11.5 Å². The van der Waals surface area contributed by atoms with Crippen LogP contribution in [0.15, 0.2) is 77.0 Å². The lowest BCUT2D eigenvalue weighted by Gasteiger charge is -2.52. The van der Waals surface area contributed by atoms with Gasteiger partial charge in [-0.25, -0.2) is 0 Å². The Labute approximate surface area is 319 Å². The standard InChI is InChI=1S/C43H59N3O6S/c1-7-8-9-12-30-22-36(47)39(34-21-29(6)14-16-33(34)28(4)5)37(23-30)51-19-11-18-44-25-31-15-17-35-40(45-38(48)24-32-13-10-20-53-32)42(49)46(35)41(31)43(50)52-26-27(2)3/h10-11,13,18,20-23,27,33-35,40,43-44,47,50H,4,7-9,12,14-17,19,24-26H2,1-3,5-6H3,(H,45,48)/b18-11+/t33-,34+,35+,40-,43?/m0/s1. The zero-order valence-electron chi connectivity index (χ0n) is 32.2. The largest absolute Gasteiger partial charge is 0.507 e. The number of nitrogens with zero attached hydrogens (tertiary/aromatic N) is 1. The van der Waals surface area contributed by atoms with Crippen LogP contribution in [0.3, 0.4) is 0 Å². The van der Waals surface area contributed by atoms with Gasteiger partial charge in [0.25, 0.3) is 5.91 Å². The number of aromatic hydroxyl groups is 1. The number of allylic oxidation sites excluding steroid dienone is 3. The molecule has 0 spiro atoms. The van der Waals surface area contributed by atoms with Crippen LogP contribution in [-0.4, -0.2) is 65.1 Å². The topological polar surface area (TPSA) is 120 Å². The molecule has 2 aliphatic heterocycles. The van der Waals surface area contributed by atoms with Gasteiger partial charge >= 0.3 is 0 Å². The fraction of sp³-hybridized carbons (Fsp3) is 0.535. The van der Waals surface area contributed by atoms with Crippen LogP contribution in [0.2, 0.25) is 0 Å². The van der Waals surface area contributed by atoms with Crippen LogP contribution in [-0.2, 0) is 27.2 Å². The number of carbonyl (C=O) groups is 2. The zero-order chi connectivity index (χ0) is 38.1. The first-order valence-electron chi connectivity index (χ1n) is 19.3. The van der Waals surface area contributed by atoms with Crippen molar-refractivity contribution in [2.24, 2.45) is 11.8 Å². The van der Waals surface area contributed by atoms with E-state index >= 15 is 0 Å². The van der Waals surface area contributed by atoms with Crippen LogP contribution in [0.5, 0.6) is 11.5 Å². The molecule has 1 aromatic carbocycles. The van der Waals surface area contributed by atoms with E-state index in [4.69, 9.17) is 9.47 Å². The van der Waals surface area contributed by atoms with Crippen LogP contribution in [0.25, 0.3) is 0 Å². The SMILES string of the molecule is C=C(C)[C@@H]1CCC(C)=C[C@H]1c1c(O)cc(CCCCC)cc1OC/C=C/NCC1=C(C(O)OCC(C)C)N2C(=O)[C@@H](NC(=O)Cc3cccs3)[C@H]2CC1. The highest BCUT2D eigenvalue weighted by atomic mass is 32.1. The zero-order valence-corrected chi connectivity index (χ0v) is 33.0. The Morgan fingerprint density at radius 1 is 1.21 bits per heavy atom. The molecular weight excluding hydrogens is 687 g/mol. The maximum absolute atomic E-state index is 13.5. The highest BCUT2D eigenvalue weighted by Gasteiger charge is 2.53. The average Bonchev–Trinajstić information content (AvgIpc) is 3.63. The third-order valence-corrected chi connectivity index (χ3v) is 11.4. The smallest absolute Gasteiger partial charge is 0.251 e. The minimum absolute atomic E-state index is 0.00833. The van der Waals surface area contributed by atoms with Gasteiger partial charge in [-0.3, -0.25) is 9.59 Å². The lowest BCUT2D eigenvalue weighted by molar-refractivity contribution is -0.160. The van der Waals surface area contributed by atoms with Crippen LogP contribution in [0, 0.1) is 11.8 Å². The number of aliphatic hydroxyl groups excluding tert-OH is 1. The Hall–Kier alpha value is -3.86. The Kier molecular flexibility index (Phi) is 14.4. The molecule has 1 unspecified atom stereocenters. The summed E-state index contributed by atoms with van der Waals surface area (Å²) in [5.74, 6) is 0.982. The maximum atomic E-state index is 13.5. The van der Waals surface area contributed by atoms with E-state index in [1.54, 1.807) is 4.90 Å². The van der Waals surface area contributed by atoms with E-state index in [-0.39, 0.29) is 54.4 Å². The van der Waals surface area contributed by atoms with Crippen molar-refractivity contribution in [2.45, 2.75) is 117 Å². The number of carbonyl (C=O) groups excluding carboxylic acids is 2. The van der Waals surface area contributed by atoms with Gasteiger partial charge in [-0.2, -0.15) is 0 Å². The summed E-state index contributed by atoms with van der Waals surface area (Å²) in [4.78, 5) is 28.8. The van der Waals surface area contributed by atoms with E-state index in [1.807, 2.05) is 49.7 Å². The summed E-state index contributed by atoms with van der Waals surface area (Å²) in [7, 11) is 0. The number of amides is 2. The summed E-state index contributed by atoms with van der Waals surface area (Å²) in [6.45, 7) is 15.7. The van der Waals surface area contributed by atoms with E-state index in [0.717, 1.165) is 65.7 Å². The van der Waals surface area contributed by atoms with Gasteiger partial charge in [-0.15, -0.1) is 11.3 Å². The summed E-state index contributed by atoms with van der Waals surface area (Å²) >= 11 is 1.51. The molecule has 9 nitrogen and oxygen atoms in total. The van der Waals surface area contributed by atoms with Crippen LogP contribution >= 0.6 is 11.3 Å². The number of benzene rings is 1. The molecule has 3 aliphatic rings. The maximum Gasteiger partial charge on any atom is 0.251 e. The molecule has 10 heteroatoms. The second-order valence-electron chi connectivity index (χ2n) is 15.3. The van der Waals surface area contributed by atoms with E-state index in [0.29, 0.717) is 37.4 Å². The molecule has 3 heterocycles. The fourth-order valence-corrected chi connectivity index (χ4v) is 8.45. The molecule has 5 rings (SSSR count). The Morgan fingerprint density at radius 3 is 2.74 bits per heavy atom. The molecule has 0 bridgehead atoms. The van der Waals surface area contributed by atoms with Gasteiger partial charge < -0.3 is 35.2 Å². The Bertz CT molecular complexity index is 1680. The highest BCUT2D eigenvalue weighted by Crippen LogP contribution is 2.47. The number of phenols is 1. The summed E-state index contributed by atoms with van der Waals surface area (Å²) in [6.07, 6.45) is 12.5. The second-order valence-corrected chi connectivity index (χ2v) is 16.3. The first-order chi connectivity index (χ1) is 25.5. The summed E-state index contributed by atoms with van der Waals surface area (Å²) < 4.78 is 12.2. The molecule has 2 aromatic rings. The van der Waals surface area contributed by atoms with E-state index in [1.165, 1.54) is 16.9 Å². The van der Waals surface area contributed by atoms with Gasteiger partial charge in [0, 0.05) is 22.9 Å². The van der Waals surface area contributed by atoms with Gasteiger partial charge in [0.1, 0.15) is 24.1 Å². The van der Waals surface area contributed by atoms with Crippen molar-refractivity contribution in [1.82, 2.24) is 15.5 Å². The predicted octanol–water partition coefficient (Wildman–Crippen LogP) is 7.66. The number of rotatable bonds is 19. The van der Waals surface area contributed by atoms with Crippen molar-refractivity contribution >= 4 is 23.2 Å². The van der Waals surface area contributed by atoms with Gasteiger partial charge in [0.15, 0.2) is 6.29 Å². The van der Waals surface area contributed by atoms with Crippen molar-refractivity contribution in [1.29, 1.82) is 0 Å². The number of aliphatic hydroxyl groups is 1. The first-order valence-corrected chi connectivity index (χ1v) is 20.2. The number of phenolic OH excluding ortho intramolecular Hbond substituents is 1. The number of ether oxygens (including phenoxy) is 2. The molecule has 1 aliphatic carbocycles. The van der Waals surface area contributed by atoms with Crippen LogP contribution in [0.4, 0.5) is 0 Å². The van der Waals surface area contributed by atoms with Gasteiger partial charge in [0.2, 0.25) is 5.91 Å². The fourth-order valence-electron chi connectivity index (χ4n) is 7.75. The summed E-state index contributed by atoms with van der Waals surface area (Å²) in [6, 6.07) is 6.97. The van der Waals surface area contributed by atoms with E-state index in [9.17, 15) is 19.8 Å². The molecule has 0 saturated carbocycles. The van der Waals surface area contributed by atoms with Gasteiger partial charge in [0.05, 0.1) is 24.8 Å². The Balaban J connectivity index is 1.27. The minimum atomic E-state index is -1.26. The normalized spacial score (nSPS) is 22.1. The van der Waals surface area contributed by atoms with E-state index < -0.39 is 12.3 Å². The Morgan fingerprint density at radius 2 is 2.02 bits per heavy atom. The number of hydrogen-bond acceptors (Lipinski definition) is 8. The molecule has 4 N–H and O–H groups in total. The third kappa shape index (κ3) is 10.2. The average molecular weight is 746 g/mol. The molecule has 5 atom stereocenters. The number of β-lactam (4-membered cyclic amide) rings is 1. The lowest BCUT2D eigenvalue weighted by atomic mass is 9.73. The first kappa shape index (κ1) is 40.3. The van der Waals surface area contributed by atoms with Gasteiger partial charge in [-0.1, -0.05) is 63.5 Å². The third-order valence-electron chi connectivity index (χ3n) is 10.5. The number of fused-ring (bicyclic) bond motifs is 1.